The van der Waals surface area contributed by atoms with Crippen molar-refractivity contribution in [1.82, 2.24) is 4.98 Å². The molecule has 1 heterocycles. The Bertz CT molecular complexity index is 326. The average molecular weight is 208 g/mol. The third-order valence-electron chi connectivity index (χ3n) is 2.58. The second kappa shape index (κ2) is 4.59. The van der Waals surface area contributed by atoms with Crippen LogP contribution in [0.3, 0.4) is 0 Å². The first-order chi connectivity index (χ1) is 7.35. The molecule has 0 amide bonds. The van der Waals surface area contributed by atoms with E-state index in [0.29, 0.717) is 18.3 Å². The molecule has 0 saturated heterocycles. The Morgan fingerprint density at radius 3 is 2.73 bits per heavy atom. The van der Waals surface area contributed by atoms with Crippen LogP contribution in [0.4, 0.5) is 5.82 Å². The van der Waals surface area contributed by atoms with Crippen LogP contribution in [0, 0.1) is 0 Å². The number of aromatic nitrogens is 1. The quantitative estimate of drug-likeness (QED) is 0.741. The van der Waals surface area contributed by atoms with E-state index >= 15 is 0 Å². The molecule has 2 N–H and O–H groups in total. The molecule has 0 atom stereocenters. The van der Waals surface area contributed by atoms with Crippen LogP contribution in [0.15, 0.2) is 18.2 Å². The predicted molar refractivity (Wildman–Crippen MR) is 57.6 cm³/mol. The molecule has 4 nitrogen and oxygen atoms in total. The molecule has 1 aromatic rings. The number of anilines is 1. The molecule has 1 saturated carbocycles. The summed E-state index contributed by atoms with van der Waals surface area (Å²) < 4.78 is 0. The lowest BCUT2D eigenvalue weighted by atomic mass is 10.3. The van der Waals surface area contributed by atoms with Crippen LogP contribution in [-0.2, 0) is 6.61 Å². The molecule has 1 aliphatic rings. The third kappa shape index (κ3) is 2.46. The fourth-order valence-electron chi connectivity index (χ4n) is 1.69. The second-order valence-corrected chi connectivity index (χ2v) is 3.79. The predicted octanol–water partition coefficient (Wildman–Crippen LogP) is 0.535. The minimum absolute atomic E-state index is 0.0362. The van der Waals surface area contributed by atoms with Gasteiger partial charge in [0.1, 0.15) is 5.82 Å². The summed E-state index contributed by atoms with van der Waals surface area (Å²) in [5.41, 5.74) is 0.677. The van der Waals surface area contributed by atoms with Gasteiger partial charge in [-0.05, 0) is 25.0 Å². The van der Waals surface area contributed by atoms with E-state index in [9.17, 15) is 0 Å². The smallest absolute Gasteiger partial charge is 0.129 e. The van der Waals surface area contributed by atoms with Crippen LogP contribution >= 0.6 is 0 Å². The van der Waals surface area contributed by atoms with Crippen LogP contribution in [0.5, 0.6) is 0 Å². The van der Waals surface area contributed by atoms with Crippen molar-refractivity contribution in [2.24, 2.45) is 0 Å². The number of pyridine rings is 1. The van der Waals surface area contributed by atoms with Gasteiger partial charge in [0.15, 0.2) is 0 Å². The summed E-state index contributed by atoms with van der Waals surface area (Å²) in [6.07, 6.45) is 2.34. The minimum Gasteiger partial charge on any atom is -0.395 e. The zero-order chi connectivity index (χ0) is 10.7. The number of hydrogen-bond donors (Lipinski definition) is 2. The van der Waals surface area contributed by atoms with Crippen molar-refractivity contribution >= 4 is 5.82 Å². The highest BCUT2D eigenvalue weighted by atomic mass is 16.3. The molecule has 0 aliphatic heterocycles. The third-order valence-corrected chi connectivity index (χ3v) is 2.58. The molecule has 1 aromatic heterocycles. The molecule has 0 bridgehead atoms. The van der Waals surface area contributed by atoms with Gasteiger partial charge >= 0.3 is 0 Å². The van der Waals surface area contributed by atoms with E-state index in [1.54, 1.807) is 6.07 Å². The monoisotopic (exact) mass is 208 g/mol. The van der Waals surface area contributed by atoms with Crippen molar-refractivity contribution < 1.29 is 10.2 Å². The maximum Gasteiger partial charge on any atom is 0.129 e. The zero-order valence-electron chi connectivity index (χ0n) is 8.63. The summed E-state index contributed by atoms with van der Waals surface area (Å²) in [7, 11) is 0. The van der Waals surface area contributed by atoms with Gasteiger partial charge < -0.3 is 15.1 Å². The summed E-state index contributed by atoms with van der Waals surface area (Å²) in [6.45, 7) is 0.722. The molecule has 1 fully saturated rings. The summed E-state index contributed by atoms with van der Waals surface area (Å²) in [4.78, 5) is 6.45. The van der Waals surface area contributed by atoms with Gasteiger partial charge in [-0.1, -0.05) is 6.07 Å². The minimum atomic E-state index is -0.0362. The SMILES string of the molecule is OCCN(c1cccc(CO)n1)C1CC1. The van der Waals surface area contributed by atoms with E-state index in [0.717, 1.165) is 5.82 Å². The molecule has 0 radical (unpaired) electrons. The van der Waals surface area contributed by atoms with Gasteiger partial charge in [0.25, 0.3) is 0 Å². The fraction of sp³-hybridized carbons (Fsp3) is 0.545. The molecule has 2 rings (SSSR count). The van der Waals surface area contributed by atoms with Crippen molar-refractivity contribution in [3.63, 3.8) is 0 Å². The van der Waals surface area contributed by atoms with Crippen molar-refractivity contribution in [1.29, 1.82) is 0 Å². The van der Waals surface area contributed by atoms with Gasteiger partial charge in [0.2, 0.25) is 0 Å². The molecule has 1 aliphatic carbocycles. The van der Waals surface area contributed by atoms with E-state index < -0.39 is 0 Å². The van der Waals surface area contributed by atoms with Gasteiger partial charge in [-0.15, -0.1) is 0 Å². The first-order valence-electron chi connectivity index (χ1n) is 5.29. The highest BCUT2D eigenvalue weighted by Gasteiger charge is 2.29. The van der Waals surface area contributed by atoms with Gasteiger partial charge in [-0.3, -0.25) is 0 Å². The van der Waals surface area contributed by atoms with Crippen LogP contribution in [0.25, 0.3) is 0 Å². The van der Waals surface area contributed by atoms with Crippen LogP contribution < -0.4 is 4.90 Å². The lowest BCUT2D eigenvalue weighted by Crippen LogP contribution is -2.29. The molecular formula is C11H16N2O2. The average Bonchev–Trinajstić information content (AvgIpc) is 3.10. The summed E-state index contributed by atoms with van der Waals surface area (Å²) in [5.74, 6) is 0.859. The lowest BCUT2D eigenvalue weighted by molar-refractivity contribution is 0.276. The number of nitrogens with zero attached hydrogens (tertiary/aromatic N) is 2. The Morgan fingerprint density at radius 1 is 1.33 bits per heavy atom. The van der Waals surface area contributed by atoms with E-state index in [1.807, 2.05) is 12.1 Å². The summed E-state index contributed by atoms with van der Waals surface area (Å²) >= 11 is 0. The lowest BCUT2D eigenvalue weighted by Gasteiger charge is -2.22. The Kier molecular flexibility index (Phi) is 3.18. The van der Waals surface area contributed by atoms with Crippen LogP contribution in [0.2, 0.25) is 0 Å². The maximum atomic E-state index is 9.00. The van der Waals surface area contributed by atoms with Gasteiger partial charge in [0.05, 0.1) is 18.9 Å². The Labute approximate surface area is 89.2 Å². The van der Waals surface area contributed by atoms with E-state index in [2.05, 4.69) is 9.88 Å². The maximum absolute atomic E-state index is 9.00. The highest BCUT2D eigenvalue weighted by Crippen LogP contribution is 2.30. The summed E-state index contributed by atoms with van der Waals surface area (Å²) in [6, 6.07) is 6.14. The summed E-state index contributed by atoms with van der Waals surface area (Å²) in [5, 5.41) is 18.0. The van der Waals surface area contributed by atoms with Crippen LogP contribution in [-0.4, -0.2) is 34.4 Å². The molecule has 0 unspecified atom stereocenters. The molecule has 0 aromatic carbocycles. The first kappa shape index (κ1) is 10.4. The zero-order valence-corrected chi connectivity index (χ0v) is 8.63. The molecular weight excluding hydrogens is 192 g/mol. The Balaban J connectivity index is 2.16. The van der Waals surface area contributed by atoms with E-state index in [4.69, 9.17) is 10.2 Å². The molecule has 4 heteroatoms. The van der Waals surface area contributed by atoms with Gasteiger partial charge in [0, 0.05) is 12.6 Å². The topological polar surface area (TPSA) is 56.6 Å². The first-order valence-corrected chi connectivity index (χ1v) is 5.29. The largest absolute Gasteiger partial charge is 0.395 e. The molecule has 15 heavy (non-hydrogen) atoms. The number of aliphatic hydroxyl groups is 2. The van der Waals surface area contributed by atoms with Gasteiger partial charge in [-0.2, -0.15) is 0 Å². The van der Waals surface area contributed by atoms with Crippen LogP contribution in [0.1, 0.15) is 18.5 Å². The number of rotatable bonds is 5. The standard InChI is InChI=1S/C11H16N2O2/c14-7-6-13(10-4-5-10)11-3-1-2-9(8-15)12-11/h1-3,10,14-15H,4-8H2. The molecule has 0 spiro atoms. The second-order valence-electron chi connectivity index (χ2n) is 3.79. The van der Waals surface area contributed by atoms with Crippen molar-refractivity contribution in [2.75, 3.05) is 18.1 Å². The Hall–Kier alpha value is -1.13. The number of aliphatic hydroxyl groups excluding tert-OH is 2. The molecule has 82 valence electrons. The van der Waals surface area contributed by atoms with Crippen molar-refractivity contribution in [3.8, 4) is 0 Å². The highest BCUT2D eigenvalue weighted by molar-refractivity contribution is 5.42. The van der Waals surface area contributed by atoms with Crippen molar-refractivity contribution in [2.45, 2.75) is 25.5 Å². The normalized spacial score (nSPS) is 15.3. The van der Waals surface area contributed by atoms with Gasteiger partial charge in [-0.25, -0.2) is 4.98 Å². The Morgan fingerprint density at radius 2 is 2.13 bits per heavy atom. The fourth-order valence-corrected chi connectivity index (χ4v) is 1.69. The van der Waals surface area contributed by atoms with E-state index in [-0.39, 0.29) is 13.2 Å². The number of hydrogen-bond acceptors (Lipinski definition) is 4. The van der Waals surface area contributed by atoms with E-state index in [1.165, 1.54) is 12.8 Å². The van der Waals surface area contributed by atoms with Crippen molar-refractivity contribution in [3.05, 3.63) is 23.9 Å².